The van der Waals surface area contributed by atoms with Crippen LogP contribution in [0.25, 0.3) is 0 Å². The molecule has 0 fully saturated rings. The number of aromatic nitrogens is 2. The molecule has 5 nitrogen and oxygen atoms in total. The Hall–Kier alpha value is -2.14. The van der Waals surface area contributed by atoms with Gasteiger partial charge in [-0.25, -0.2) is 0 Å². The smallest absolute Gasteiger partial charge is 0.242 e. The minimum atomic E-state index is -0.130. The minimum absolute atomic E-state index is 0.0310. The molecular weight excluding hydrogens is 252 g/mol. The molecule has 1 amide bonds. The van der Waals surface area contributed by atoms with E-state index in [2.05, 4.69) is 16.5 Å². The van der Waals surface area contributed by atoms with Crippen LogP contribution < -0.4 is 11.1 Å². The summed E-state index contributed by atoms with van der Waals surface area (Å²) in [5, 5.41) is 7.12. The molecule has 2 atom stereocenters. The van der Waals surface area contributed by atoms with Crippen molar-refractivity contribution in [3.63, 3.8) is 0 Å². The predicted octanol–water partition coefficient (Wildman–Crippen LogP) is 0.932. The van der Waals surface area contributed by atoms with Gasteiger partial charge in [-0.05, 0) is 30.0 Å². The number of hydrogen-bond donors (Lipinski definition) is 2. The van der Waals surface area contributed by atoms with Crippen LogP contribution in [0, 0.1) is 6.92 Å². The summed E-state index contributed by atoms with van der Waals surface area (Å²) in [7, 11) is 0. The largest absolute Gasteiger partial charge is 0.350 e. The van der Waals surface area contributed by atoms with Gasteiger partial charge in [0.1, 0.15) is 6.54 Å². The van der Waals surface area contributed by atoms with Gasteiger partial charge in [-0.2, -0.15) is 5.10 Å². The lowest BCUT2D eigenvalue weighted by molar-refractivity contribution is -0.122. The molecule has 5 heteroatoms. The van der Waals surface area contributed by atoms with E-state index in [0.717, 1.165) is 17.5 Å². The second-order valence-corrected chi connectivity index (χ2v) is 5.32. The molecule has 1 heterocycles. The van der Waals surface area contributed by atoms with Crippen molar-refractivity contribution in [1.82, 2.24) is 15.1 Å². The van der Waals surface area contributed by atoms with Crippen molar-refractivity contribution in [3.8, 4) is 0 Å². The summed E-state index contributed by atoms with van der Waals surface area (Å²) in [6, 6.07) is 7.92. The highest BCUT2D eigenvalue weighted by Gasteiger charge is 2.30. The number of nitrogens with one attached hydrogen (secondary N) is 1. The first-order valence-electron chi connectivity index (χ1n) is 6.75. The number of rotatable bonds is 3. The molecule has 1 aromatic heterocycles. The average Bonchev–Trinajstić information content (AvgIpc) is 2.95. The fourth-order valence-electron chi connectivity index (χ4n) is 2.72. The molecule has 2 aromatic rings. The molecule has 0 saturated heterocycles. The normalized spacial score (nSPS) is 20.7. The first kappa shape index (κ1) is 12.9. The Labute approximate surface area is 117 Å². The summed E-state index contributed by atoms with van der Waals surface area (Å²) in [4.78, 5) is 12.0. The molecule has 0 bridgehead atoms. The number of aryl methyl sites for hydroxylation is 1. The summed E-state index contributed by atoms with van der Waals surface area (Å²) >= 11 is 0. The summed E-state index contributed by atoms with van der Waals surface area (Å²) in [5.41, 5.74) is 9.60. The van der Waals surface area contributed by atoms with Crippen molar-refractivity contribution in [1.29, 1.82) is 0 Å². The van der Waals surface area contributed by atoms with Crippen LogP contribution in [0.3, 0.4) is 0 Å². The van der Waals surface area contributed by atoms with Gasteiger partial charge in [0.2, 0.25) is 5.91 Å². The summed E-state index contributed by atoms with van der Waals surface area (Å²) < 4.78 is 1.64. The highest BCUT2D eigenvalue weighted by Crippen LogP contribution is 2.29. The van der Waals surface area contributed by atoms with Gasteiger partial charge in [0.15, 0.2) is 0 Å². The highest BCUT2D eigenvalue weighted by molar-refractivity contribution is 5.76. The summed E-state index contributed by atoms with van der Waals surface area (Å²) in [6.07, 6.45) is 4.38. The number of fused-ring (bicyclic) bond motifs is 1. The summed E-state index contributed by atoms with van der Waals surface area (Å²) in [5.74, 6) is -0.0543. The van der Waals surface area contributed by atoms with E-state index in [1.165, 1.54) is 5.56 Å². The Morgan fingerprint density at radius 2 is 2.30 bits per heavy atom. The Morgan fingerprint density at radius 1 is 1.50 bits per heavy atom. The van der Waals surface area contributed by atoms with Gasteiger partial charge < -0.3 is 11.1 Å². The number of nitrogens with two attached hydrogens (primary N) is 1. The average molecular weight is 270 g/mol. The van der Waals surface area contributed by atoms with E-state index in [1.54, 1.807) is 10.9 Å². The standard InChI is InChI=1S/C15H18N4O/c1-10-7-17-19(8-10)9-14(20)18-13-6-11-4-2-3-5-12(11)15(13)16/h2-5,7-8,13,15H,6,9,16H2,1H3,(H,18,20)/t13-,15-/m1/s1. The molecule has 0 unspecified atom stereocenters. The second kappa shape index (κ2) is 5.09. The van der Waals surface area contributed by atoms with Crippen molar-refractivity contribution in [2.45, 2.75) is 32.0 Å². The maximum absolute atomic E-state index is 12.0. The van der Waals surface area contributed by atoms with E-state index in [1.807, 2.05) is 31.3 Å². The van der Waals surface area contributed by atoms with Gasteiger partial charge >= 0.3 is 0 Å². The van der Waals surface area contributed by atoms with E-state index in [4.69, 9.17) is 5.73 Å². The monoisotopic (exact) mass is 270 g/mol. The Kier molecular flexibility index (Phi) is 3.28. The number of nitrogens with zero attached hydrogens (tertiary/aromatic N) is 2. The fourth-order valence-corrected chi connectivity index (χ4v) is 2.72. The molecule has 3 N–H and O–H groups in total. The lowest BCUT2D eigenvalue weighted by Crippen LogP contribution is -2.42. The molecule has 104 valence electrons. The molecule has 3 rings (SSSR count). The van der Waals surface area contributed by atoms with Gasteiger partial charge in [0.05, 0.1) is 18.3 Å². The quantitative estimate of drug-likeness (QED) is 0.871. The SMILES string of the molecule is Cc1cnn(CC(=O)N[C@@H]2Cc3ccccc3[C@H]2N)c1. The highest BCUT2D eigenvalue weighted by atomic mass is 16.2. The van der Waals surface area contributed by atoms with Crippen molar-refractivity contribution in [3.05, 3.63) is 53.3 Å². The topological polar surface area (TPSA) is 72.9 Å². The number of amides is 1. The zero-order valence-corrected chi connectivity index (χ0v) is 11.4. The minimum Gasteiger partial charge on any atom is -0.350 e. The lowest BCUT2D eigenvalue weighted by atomic mass is 10.1. The van der Waals surface area contributed by atoms with Crippen LogP contribution in [0.5, 0.6) is 0 Å². The third kappa shape index (κ3) is 2.44. The predicted molar refractivity (Wildman–Crippen MR) is 76.0 cm³/mol. The van der Waals surface area contributed by atoms with E-state index in [0.29, 0.717) is 0 Å². The van der Waals surface area contributed by atoms with Gasteiger partial charge in [0, 0.05) is 6.20 Å². The molecule has 20 heavy (non-hydrogen) atoms. The molecular formula is C15H18N4O. The van der Waals surface area contributed by atoms with E-state index >= 15 is 0 Å². The van der Waals surface area contributed by atoms with Gasteiger partial charge in [-0.15, -0.1) is 0 Å². The number of carbonyl (C=O) groups excluding carboxylic acids is 1. The van der Waals surface area contributed by atoms with Crippen molar-refractivity contribution >= 4 is 5.91 Å². The van der Waals surface area contributed by atoms with Crippen LogP contribution in [0.15, 0.2) is 36.7 Å². The number of carbonyl (C=O) groups is 1. The Bertz CT molecular complexity index is 634. The van der Waals surface area contributed by atoms with Gasteiger partial charge in [-0.3, -0.25) is 9.48 Å². The van der Waals surface area contributed by atoms with Crippen molar-refractivity contribution < 1.29 is 4.79 Å². The molecule has 1 aliphatic rings. The molecule has 0 saturated carbocycles. The number of hydrogen-bond acceptors (Lipinski definition) is 3. The van der Waals surface area contributed by atoms with Crippen LogP contribution in [0.4, 0.5) is 0 Å². The van der Waals surface area contributed by atoms with Gasteiger partial charge in [-0.1, -0.05) is 24.3 Å². The van der Waals surface area contributed by atoms with E-state index in [9.17, 15) is 4.79 Å². The Balaban J connectivity index is 1.63. The zero-order valence-electron chi connectivity index (χ0n) is 11.4. The molecule has 1 aromatic carbocycles. The van der Waals surface area contributed by atoms with Crippen LogP contribution in [-0.2, 0) is 17.8 Å². The third-order valence-electron chi connectivity index (χ3n) is 3.70. The van der Waals surface area contributed by atoms with Crippen molar-refractivity contribution in [2.24, 2.45) is 5.73 Å². The van der Waals surface area contributed by atoms with Crippen LogP contribution >= 0.6 is 0 Å². The van der Waals surface area contributed by atoms with E-state index < -0.39 is 0 Å². The zero-order chi connectivity index (χ0) is 14.1. The third-order valence-corrected chi connectivity index (χ3v) is 3.70. The van der Waals surface area contributed by atoms with Gasteiger partial charge in [0.25, 0.3) is 0 Å². The molecule has 0 radical (unpaired) electrons. The first-order chi connectivity index (χ1) is 9.63. The number of benzene rings is 1. The van der Waals surface area contributed by atoms with Crippen LogP contribution in [-0.4, -0.2) is 21.7 Å². The molecule has 0 spiro atoms. The van der Waals surface area contributed by atoms with Crippen molar-refractivity contribution in [2.75, 3.05) is 0 Å². The molecule has 0 aliphatic heterocycles. The van der Waals surface area contributed by atoms with Crippen LogP contribution in [0.1, 0.15) is 22.7 Å². The van der Waals surface area contributed by atoms with Crippen LogP contribution in [0.2, 0.25) is 0 Å². The Morgan fingerprint density at radius 3 is 3.00 bits per heavy atom. The molecule has 1 aliphatic carbocycles. The summed E-state index contributed by atoms with van der Waals surface area (Å²) in [6.45, 7) is 2.18. The second-order valence-electron chi connectivity index (χ2n) is 5.32. The van der Waals surface area contributed by atoms with E-state index in [-0.39, 0.29) is 24.5 Å². The fraction of sp³-hybridized carbons (Fsp3) is 0.333. The maximum atomic E-state index is 12.0. The maximum Gasteiger partial charge on any atom is 0.242 e. The lowest BCUT2D eigenvalue weighted by Gasteiger charge is -2.17. The first-order valence-corrected chi connectivity index (χ1v) is 6.75.